The molecule has 2 aliphatic rings. The van der Waals surface area contributed by atoms with E-state index in [4.69, 9.17) is 4.74 Å². The molecule has 0 amide bonds. The fraction of sp³-hybridized carbons (Fsp3) is 0.846. The molecule has 5 nitrogen and oxygen atoms in total. The van der Waals surface area contributed by atoms with Gasteiger partial charge in [0.1, 0.15) is 0 Å². The van der Waals surface area contributed by atoms with Crippen molar-refractivity contribution in [1.29, 1.82) is 0 Å². The molecule has 1 spiro atoms. The standard InChI is InChI=1S/C13H22N4O/c1-14-8-11-9-17(16-15-11)10-12-4-7-13(18-12)5-2-3-6-13/h9,12,14H,2-8,10H2,1H3. The molecule has 2 heterocycles. The van der Waals surface area contributed by atoms with E-state index in [9.17, 15) is 0 Å². The number of nitrogens with zero attached hydrogens (tertiary/aromatic N) is 3. The quantitative estimate of drug-likeness (QED) is 0.879. The summed E-state index contributed by atoms with van der Waals surface area (Å²) in [6, 6.07) is 0. The van der Waals surface area contributed by atoms with Gasteiger partial charge in [-0.3, -0.25) is 0 Å². The van der Waals surface area contributed by atoms with Crippen LogP contribution in [0.5, 0.6) is 0 Å². The molecule has 1 unspecified atom stereocenters. The highest BCUT2D eigenvalue weighted by Gasteiger charge is 2.42. The van der Waals surface area contributed by atoms with Crippen LogP contribution in [0.3, 0.4) is 0 Å². The molecule has 0 bridgehead atoms. The number of rotatable bonds is 4. The Morgan fingerprint density at radius 1 is 1.44 bits per heavy atom. The van der Waals surface area contributed by atoms with Crippen molar-refractivity contribution in [2.75, 3.05) is 7.05 Å². The minimum Gasteiger partial charge on any atom is -0.370 e. The van der Waals surface area contributed by atoms with Gasteiger partial charge in [0.05, 0.1) is 23.9 Å². The van der Waals surface area contributed by atoms with Gasteiger partial charge in [-0.05, 0) is 32.7 Å². The summed E-state index contributed by atoms with van der Waals surface area (Å²) in [4.78, 5) is 0. The summed E-state index contributed by atoms with van der Waals surface area (Å²) in [7, 11) is 1.92. The first-order valence-electron chi connectivity index (χ1n) is 7.01. The third-order valence-corrected chi connectivity index (χ3v) is 4.19. The first-order chi connectivity index (χ1) is 8.80. The third kappa shape index (κ3) is 2.42. The zero-order chi connectivity index (χ0) is 12.4. The number of nitrogens with one attached hydrogen (secondary N) is 1. The molecular weight excluding hydrogens is 228 g/mol. The highest BCUT2D eigenvalue weighted by molar-refractivity contribution is 4.94. The Bertz CT molecular complexity index is 397. The lowest BCUT2D eigenvalue weighted by Crippen LogP contribution is -2.26. The second kappa shape index (κ2) is 4.97. The summed E-state index contributed by atoms with van der Waals surface area (Å²) >= 11 is 0. The molecule has 1 N–H and O–H groups in total. The van der Waals surface area contributed by atoms with E-state index >= 15 is 0 Å². The second-order valence-corrected chi connectivity index (χ2v) is 5.63. The van der Waals surface area contributed by atoms with Crippen LogP contribution in [0.25, 0.3) is 0 Å². The first kappa shape index (κ1) is 12.1. The predicted octanol–water partition coefficient (Wildman–Crippen LogP) is 1.49. The summed E-state index contributed by atoms with van der Waals surface area (Å²) in [5.41, 5.74) is 1.21. The molecule has 2 fully saturated rings. The van der Waals surface area contributed by atoms with Crippen molar-refractivity contribution in [3.63, 3.8) is 0 Å². The minimum absolute atomic E-state index is 0.221. The Kier molecular flexibility index (Phi) is 3.35. The lowest BCUT2D eigenvalue weighted by Gasteiger charge is -2.23. The van der Waals surface area contributed by atoms with Crippen LogP contribution in [0, 0.1) is 0 Å². The van der Waals surface area contributed by atoms with Gasteiger partial charge in [0.15, 0.2) is 0 Å². The molecule has 0 aromatic carbocycles. The topological polar surface area (TPSA) is 52.0 Å². The molecule has 1 saturated carbocycles. The third-order valence-electron chi connectivity index (χ3n) is 4.19. The Hall–Kier alpha value is -0.940. The average molecular weight is 250 g/mol. The van der Waals surface area contributed by atoms with Crippen LogP contribution < -0.4 is 5.32 Å². The molecule has 1 aromatic heterocycles. The van der Waals surface area contributed by atoms with Crippen molar-refractivity contribution < 1.29 is 4.74 Å². The molecule has 1 saturated heterocycles. The molecule has 3 rings (SSSR count). The highest BCUT2D eigenvalue weighted by Crippen LogP contribution is 2.43. The van der Waals surface area contributed by atoms with Crippen molar-refractivity contribution >= 4 is 0 Å². The van der Waals surface area contributed by atoms with Crippen molar-refractivity contribution in [2.24, 2.45) is 0 Å². The van der Waals surface area contributed by atoms with Crippen LogP contribution in [-0.2, 0) is 17.8 Å². The van der Waals surface area contributed by atoms with Crippen LogP contribution in [-0.4, -0.2) is 33.7 Å². The largest absolute Gasteiger partial charge is 0.370 e. The highest BCUT2D eigenvalue weighted by atomic mass is 16.5. The smallest absolute Gasteiger partial charge is 0.0964 e. The van der Waals surface area contributed by atoms with E-state index in [0.29, 0.717) is 6.10 Å². The van der Waals surface area contributed by atoms with E-state index in [1.807, 2.05) is 17.9 Å². The van der Waals surface area contributed by atoms with E-state index in [1.54, 1.807) is 0 Å². The predicted molar refractivity (Wildman–Crippen MR) is 68.1 cm³/mol. The lowest BCUT2D eigenvalue weighted by molar-refractivity contribution is -0.0430. The number of ether oxygens (including phenoxy) is 1. The minimum atomic E-state index is 0.221. The Morgan fingerprint density at radius 2 is 2.28 bits per heavy atom. The summed E-state index contributed by atoms with van der Waals surface area (Å²) in [5, 5.41) is 11.4. The first-order valence-corrected chi connectivity index (χ1v) is 7.01. The summed E-state index contributed by atoms with van der Waals surface area (Å²) in [6.07, 6.45) is 9.92. The fourth-order valence-corrected chi connectivity index (χ4v) is 3.31. The van der Waals surface area contributed by atoms with Crippen molar-refractivity contribution in [2.45, 2.75) is 63.3 Å². The van der Waals surface area contributed by atoms with Crippen LogP contribution >= 0.6 is 0 Å². The SMILES string of the molecule is CNCc1cn(CC2CCC3(CCCC3)O2)nn1. The van der Waals surface area contributed by atoms with E-state index in [1.165, 1.54) is 38.5 Å². The van der Waals surface area contributed by atoms with Crippen LogP contribution in [0.2, 0.25) is 0 Å². The maximum atomic E-state index is 6.28. The van der Waals surface area contributed by atoms with Gasteiger partial charge < -0.3 is 10.1 Å². The van der Waals surface area contributed by atoms with E-state index in [-0.39, 0.29) is 5.60 Å². The van der Waals surface area contributed by atoms with E-state index in [0.717, 1.165) is 18.8 Å². The molecule has 100 valence electrons. The summed E-state index contributed by atoms with van der Waals surface area (Å²) in [6.45, 7) is 1.62. The van der Waals surface area contributed by atoms with E-state index in [2.05, 4.69) is 15.6 Å². The van der Waals surface area contributed by atoms with Gasteiger partial charge in [-0.25, -0.2) is 4.68 Å². The van der Waals surface area contributed by atoms with Gasteiger partial charge in [0.2, 0.25) is 0 Å². The monoisotopic (exact) mass is 250 g/mol. The molecule has 1 atom stereocenters. The molecule has 0 radical (unpaired) electrons. The van der Waals surface area contributed by atoms with Gasteiger partial charge in [-0.1, -0.05) is 18.1 Å². The lowest BCUT2D eigenvalue weighted by atomic mass is 9.98. The van der Waals surface area contributed by atoms with Crippen molar-refractivity contribution in [1.82, 2.24) is 20.3 Å². The van der Waals surface area contributed by atoms with Crippen LogP contribution in [0.15, 0.2) is 6.20 Å². The van der Waals surface area contributed by atoms with Gasteiger partial charge >= 0.3 is 0 Å². The van der Waals surface area contributed by atoms with Crippen molar-refractivity contribution in [3.8, 4) is 0 Å². The Labute approximate surface area is 108 Å². The number of aromatic nitrogens is 3. The normalized spacial score (nSPS) is 26.2. The van der Waals surface area contributed by atoms with Gasteiger partial charge in [-0.15, -0.1) is 5.10 Å². The summed E-state index contributed by atoms with van der Waals surface area (Å²) < 4.78 is 8.20. The van der Waals surface area contributed by atoms with E-state index < -0.39 is 0 Å². The maximum absolute atomic E-state index is 6.28. The van der Waals surface area contributed by atoms with Gasteiger partial charge in [-0.2, -0.15) is 0 Å². The van der Waals surface area contributed by atoms with Gasteiger partial charge in [0.25, 0.3) is 0 Å². The molecule has 1 aliphatic heterocycles. The Morgan fingerprint density at radius 3 is 3.06 bits per heavy atom. The molecule has 18 heavy (non-hydrogen) atoms. The summed E-state index contributed by atoms with van der Waals surface area (Å²) in [5.74, 6) is 0. The second-order valence-electron chi connectivity index (χ2n) is 5.63. The molecule has 1 aromatic rings. The van der Waals surface area contributed by atoms with Gasteiger partial charge in [0, 0.05) is 12.7 Å². The van der Waals surface area contributed by atoms with Crippen LogP contribution in [0.4, 0.5) is 0 Å². The number of hydrogen-bond acceptors (Lipinski definition) is 4. The average Bonchev–Trinajstić information content (AvgIpc) is 3.06. The zero-order valence-corrected chi connectivity index (χ0v) is 11.1. The van der Waals surface area contributed by atoms with Crippen molar-refractivity contribution in [3.05, 3.63) is 11.9 Å². The molecular formula is C13H22N4O. The Balaban J connectivity index is 1.56. The maximum Gasteiger partial charge on any atom is 0.0964 e. The zero-order valence-electron chi connectivity index (χ0n) is 11.1. The molecule has 5 heteroatoms. The fourth-order valence-electron chi connectivity index (χ4n) is 3.31. The number of hydrogen-bond donors (Lipinski definition) is 1. The molecule has 1 aliphatic carbocycles. The van der Waals surface area contributed by atoms with Crippen LogP contribution in [0.1, 0.15) is 44.2 Å².